The van der Waals surface area contributed by atoms with Gasteiger partial charge in [-0.1, -0.05) is 24.3 Å². The summed E-state index contributed by atoms with van der Waals surface area (Å²) in [6, 6.07) is 12.1. The van der Waals surface area contributed by atoms with Crippen LogP contribution < -0.4 is 0 Å². The highest BCUT2D eigenvalue weighted by atomic mass is 19.4. The molecule has 1 atom stereocenters. The lowest BCUT2D eigenvalue weighted by atomic mass is 9.88. The van der Waals surface area contributed by atoms with Gasteiger partial charge in [0.05, 0.1) is 12.1 Å². The normalized spacial score (nSPS) is 21.3. The Hall–Kier alpha value is -3.07. The summed E-state index contributed by atoms with van der Waals surface area (Å²) in [6.07, 6.45) is -3.09. The molecule has 37 heavy (non-hydrogen) atoms. The first-order valence-corrected chi connectivity index (χ1v) is 12.5. The molecule has 6 nitrogen and oxygen atoms in total. The third-order valence-corrected chi connectivity index (χ3v) is 7.06. The van der Waals surface area contributed by atoms with E-state index < -0.39 is 29.0 Å². The van der Waals surface area contributed by atoms with E-state index in [1.54, 1.807) is 49.9 Å². The van der Waals surface area contributed by atoms with Gasteiger partial charge in [-0.3, -0.25) is 4.79 Å². The van der Waals surface area contributed by atoms with Crippen LogP contribution in [0.3, 0.4) is 0 Å². The number of carbonyl (C=O) groups is 2. The van der Waals surface area contributed by atoms with Crippen molar-refractivity contribution in [2.24, 2.45) is 0 Å². The van der Waals surface area contributed by atoms with Crippen molar-refractivity contribution in [1.82, 2.24) is 9.80 Å². The third kappa shape index (κ3) is 6.26. The number of amides is 2. The van der Waals surface area contributed by atoms with Crippen LogP contribution in [0, 0.1) is 0 Å². The fraction of sp³-hybridized carbons (Fsp3) is 0.500. The van der Waals surface area contributed by atoms with Crippen LogP contribution in [-0.2, 0) is 16.5 Å². The summed E-state index contributed by atoms with van der Waals surface area (Å²) >= 11 is 0. The fourth-order valence-corrected chi connectivity index (χ4v) is 4.98. The molecule has 2 saturated heterocycles. The number of benzene rings is 2. The van der Waals surface area contributed by atoms with E-state index in [-0.39, 0.29) is 18.4 Å². The second-order valence-corrected chi connectivity index (χ2v) is 10.9. The molecule has 0 spiro atoms. The van der Waals surface area contributed by atoms with Crippen molar-refractivity contribution in [2.75, 3.05) is 26.2 Å². The van der Waals surface area contributed by atoms with Gasteiger partial charge in [0.25, 0.3) is 5.91 Å². The van der Waals surface area contributed by atoms with Crippen LogP contribution in [0.2, 0.25) is 0 Å². The number of β-amino-alcohol motifs (C(OH)–C–C–N with tert-alkyl or cyclic N) is 1. The second-order valence-electron chi connectivity index (χ2n) is 10.9. The molecule has 0 radical (unpaired) electrons. The van der Waals surface area contributed by atoms with Crippen LogP contribution in [0.25, 0.3) is 0 Å². The Kier molecular flexibility index (Phi) is 7.29. The topological polar surface area (TPSA) is 70.1 Å². The number of rotatable bonds is 3. The quantitative estimate of drug-likeness (QED) is 0.578. The summed E-state index contributed by atoms with van der Waals surface area (Å²) in [5.74, 6) is -0.00976. The smallest absolute Gasteiger partial charge is 0.416 e. The van der Waals surface area contributed by atoms with Gasteiger partial charge in [-0.15, -0.1) is 0 Å². The zero-order valence-electron chi connectivity index (χ0n) is 21.3. The number of halogens is 3. The molecule has 2 fully saturated rings. The van der Waals surface area contributed by atoms with Crippen LogP contribution >= 0.6 is 0 Å². The molecule has 0 saturated carbocycles. The summed E-state index contributed by atoms with van der Waals surface area (Å²) < 4.78 is 43.9. The van der Waals surface area contributed by atoms with E-state index in [0.29, 0.717) is 50.0 Å². The summed E-state index contributed by atoms with van der Waals surface area (Å²) in [6.45, 7) is 6.90. The van der Waals surface area contributed by atoms with Crippen LogP contribution in [-0.4, -0.2) is 58.7 Å². The summed E-state index contributed by atoms with van der Waals surface area (Å²) in [7, 11) is 0. The van der Waals surface area contributed by atoms with E-state index in [9.17, 15) is 27.9 Å². The Balaban J connectivity index is 1.33. The predicted molar refractivity (Wildman–Crippen MR) is 132 cm³/mol. The average Bonchev–Trinajstić information content (AvgIpc) is 3.26. The van der Waals surface area contributed by atoms with Crippen LogP contribution in [0.15, 0.2) is 48.5 Å². The molecule has 200 valence electrons. The van der Waals surface area contributed by atoms with Crippen molar-refractivity contribution in [3.8, 4) is 0 Å². The van der Waals surface area contributed by atoms with E-state index in [2.05, 4.69) is 0 Å². The Bertz CT molecular complexity index is 1120. The Morgan fingerprint density at radius 2 is 1.51 bits per heavy atom. The Morgan fingerprint density at radius 3 is 2.05 bits per heavy atom. The van der Waals surface area contributed by atoms with Crippen LogP contribution in [0.1, 0.15) is 73.0 Å². The summed E-state index contributed by atoms with van der Waals surface area (Å²) in [5, 5.41) is 11.2. The lowest BCUT2D eigenvalue weighted by molar-refractivity contribution is -0.137. The highest BCUT2D eigenvalue weighted by Gasteiger charge is 2.41. The van der Waals surface area contributed by atoms with Gasteiger partial charge in [0, 0.05) is 25.2 Å². The molecule has 0 unspecified atom stereocenters. The highest BCUT2D eigenvalue weighted by molar-refractivity contribution is 5.94. The molecule has 0 aliphatic carbocycles. The first-order chi connectivity index (χ1) is 17.2. The predicted octanol–water partition coefficient (Wildman–Crippen LogP) is 5.55. The fourth-order valence-electron chi connectivity index (χ4n) is 4.98. The van der Waals surface area contributed by atoms with E-state index in [0.717, 1.165) is 17.7 Å². The number of nitrogens with zero attached hydrogens (tertiary/aromatic N) is 2. The van der Waals surface area contributed by atoms with E-state index in [1.807, 2.05) is 0 Å². The van der Waals surface area contributed by atoms with Crippen LogP contribution in [0.4, 0.5) is 18.0 Å². The standard InChI is InChI=1S/C28H33F3N2O4/c1-26(2,3)37-25(35)33-17-14-27(36,18-33)22-8-6-21(7-9-22)24(34)32-15-12-20(13-16-32)19-4-10-23(11-5-19)28(29,30)31/h4-11,20,36H,12-18H2,1-3H3/t27-/m1/s1. The number of ether oxygens (including phenoxy) is 1. The molecule has 9 heteroatoms. The highest BCUT2D eigenvalue weighted by Crippen LogP contribution is 2.35. The number of carbonyl (C=O) groups excluding carboxylic acids is 2. The Labute approximate surface area is 215 Å². The van der Waals surface area contributed by atoms with Gasteiger partial charge < -0.3 is 19.6 Å². The van der Waals surface area contributed by atoms with Gasteiger partial charge in [0.1, 0.15) is 11.2 Å². The zero-order valence-corrected chi connectivity index (χ0v) is 21.3. The minimum Gasteiger partial charge on any atom is -0.444 e. The zero-order chi connectivity index (χ0) is 27.0. The molecular formula is C28H33F3N2O4. The number of hydrogen-bond donors (Lipinski definition) is 1. The summed E-state index contributed by atoms with van der Waals surface area (Å²) in [4.78, 5) is 28.7. The van der Waals surface area contributed by atoms with Gasteiger partial charge in [-0.25, -0.2) is 4.79 Å². The van der Waals surface area contributed by atoms with Gasteiger partial charge in [-0.2, -0.15) is 13.2 Å². The molecule has 2 aromatic rings. The molecule has 4 rings (SSSR count). The second kappa shape index (κ2) is 10.0. The lowest BCUT2D eigenvalue weighted by Gasteiger charge is -2.32. The third-order valence-electron chi connectivity index (χ3n) is 7.06. The number of piperidine rings is 1. The van der Waals surface area contributed by atoms with E-state index >= 15 is 0 Å². The first-order valence-electron chi connectivity index (χ1n) is 12.5. The van der Waals surface area contributed by atoms with Crippen molar-refractivity contribution in [2.45, 2.75) is 63.3 Å². The molecule has 1 N–H and O–H groups in total. The molecule has 0 aromatic heterocycles. The number of hydrogen-bond acceptors (Lipinski definition) is 4. The monoisotopic (exact) mass is 518 g/mol. The maximum Gasteiger partial charge on any atom is 0.416 e. The van der Waals surface area contributed by atoms with Crippen molar-refractivity contribution >= 4 is 12.0 Å². The Morgan fingerprint density at radius 1 is 0.919 bits per heavy atom. The van der Waals surface area contributed by atoms with E-state index in [1.165, 1.54) is 17.0 Å². The molecule has 2 aliphatic rings. The molecule has 2 aromatic carbocycles. The van der Waals surface area contributed by atoms with Gasteiger partial charge in [0.15, 0.2) is 0 Å². The molecule has 2 amide bonds. The van der Waals surface area contributed by atoms with E-state index in [4.69, 9.17) is 4.74 Å². The van der Waals surface area contributed by atoms with Crippen LogP contribution in [0.5, 0.6) is 0 Å². The maximum atomic E-state index is 13.1. The molecule has 2 aliphatic heterocycles. The lowest BCUT2D eigenvalue weighted by Crippen LogP contribution is -2.38. The molecular weight excluding hydrogens is 485 g/mol. The largest absolute Gasteiger partial charge is 0.444 e. The number of aliphatic hydroxyl groups is 1. The van der Waals surface area contributed by atoms with Crippen molar-refractivity contribution in [3.05, 3.63) is 70.8 Å². The van der Waals surface area contributed by atoms with Gasteiger partial charge >= 0.3 is 12.3 Å². The van der Waals surface area contributed by atoms with Gasteiger partial charge in [-0.05, 0) is 81.3 Å². The SMILES string of the molecule is CC(C)(C)OC(=O)N1CC[C@](O)(c2ccc(C(=O)N3CCC(c4ccc(C(F)(F)F)cc4)CC3)cc2)C1. The molecule has 2 heterocycles. The van der Waals surface area contributed by atoms with Gasteiger partial charge in [0.2, 0.25) is 0 Å². The number of likely N-dealkylation sites (tertiary alicyclic amines) is 2. The minimum atomic E-state index is -4.35. The van der Waals surface area contributed by atoms with Crippen molar-refractivity contribution in [1.29, 1.82) is 0 Å². The van der Waals surface area contributed by atoms with Crippen molar-refractivity contribution in [3.63, 3.8) is 0 Å². The van der Waals surface area contributed by atoms with Crippen molar-refractivity contribution < 1.29 is 32.6 Å². The molecule has 0 bridgehead atoms. The maximum absolute atomic E-state index is 13.1. The summed E-state index contributed by atoms with van der Waals surface area (Å²) in [5.41, 5.74) is -0.495. The number of alkyl halides is 3. The first kappa shape index (κ1) is 27.0. The average molecular weight is 519 g/mol. The minimum absolute atomic E-state index is 0.109.